The lowest BCUT2D eigenvalue weighted by molar-refractivity contribution is 0.276. The third-order valence-corrected chi connectivity index (χ3v) is 5.82. The molecule has 0 aliphatic carbocycles. The predicted molar refractivity (Wildman–Crippen MR) is 126 cm³/mol. The Labute approximate surface area is 185 Å². The Morgan fingerprint density at radius 3 is 2.42 bits per heavy atom. The van der Waals surface area contributed by atoms with Crippen molar-refractivity contribution >= 4 is 19.0 Å². The summed E-state index contributed by atoms with van der Waals surface area (Å²) in [6.45, 7) is 1.79. The van der Waals surface area contributed by atoms with Gasteiger partial charge in [0.05, 0.1) is 7.11 Å². The first-order valence-electron chi connectivity index (χ1n) is 10.8. The summed E-state index contributed by atoms with van der Waals surface area (Å²) in [5.41, 5.74) is 3.98. The van der Waals surface area contributed by atoms with Crippen molar-refractivity contribution in [2.24, 2.45) is 0 Å². The number of methoxy groups -OCH3 is 1. The van der Waals surface area contributed by atoms with Crippen molar-refractivity contribution in [3.8, 4) is 5.75 Å². The van der Waals surface area contributed by atoms with E-state index in [0.717, 1.165) is 44.5 Å². The first kappa shape index (κ1) is 23.4. The lowest BCUT2D eigenvalue weighted by atomic mass is 9.95. The number of hydrogen-bond acceptors (Lipinski definition) is 4. The molecule has 0 spiro atoms. The van der Waals surface area contributed by atoms with Gasteiger partial charge in [-0.15, -0.1) is 9.42 Å². The van der Waals surface area contributed by atoms with E-state index >= 15 is 0 Å². The van der Waals surface area contributed by atoms with Crippen LogP contribution in [0.4, 0.5) is 0 Å². The van der Waals surface area contributed by atoms with Crippen LogP contribution in [0.1, 0.15) is 36.0 Å². The summed E-state index contributed by atoms with van der Waals surface area (Å²) >= 11 is 0. The van der Waals surface area contributed by atoms with Crippen molar-refractivity contribution in [3.63, 3.8) is 0 Å². The molecule has 1 unspecified atom stereocenters. The molecule has 0 bridgehead atoms. The molecule has 0 saturated heterocycles. The van der Waals surface area contributed by atoms with Gasteiger partial charge in [-0.05, 0) is 78.2 Å². The fourth-order valence-corrected chi connectivity index (χ4v) is 4.12. The van der Waals surface area contributed by atoms with E-state index in [1.54, 1.807) is 7.11 Å². The average molecular weight is 441 g/mol. The van der Waals surface area contributed by atoms with Crippen LogP contribution in [0.25, 0.3) is 10.8 Å². The molecule has 2 N–H and O–H groups in total. The molecular weight excluding hydrogens is 409 g/mol. The summed E-state index contributed by atoms with van der Waals surface area (Å²) < 4.78 is 20.5. The summed E-state index contributed by atoms with van der Waals surface area (Å²) in [6, 6.07) is 21.4. The smallest absolute Gasteiger partial charge is 0.497 e. The summed E-state index contributed by atoms with van der Waals surface area (Å²) in [5.74, 6) is 0.920. The maximum Gasteiger partial charge on any atom is 0.694 e. The monoisotopic (exact) mass is 440 g/mol. The Kier molecular flexibility index (Phi) is 9.44. The first-order valence-corrected chi connectivity index (χ1v) is 11.9. The van der Waals surface area contributed by atoms with Crippen molar-refractivity contribution in [1.82, 2.24) is 5.32 Å². The van der Waals surface area contributed by atoms with Crippen LogP contribution in [0.5, 0.6) is 5.75 Å². The normalized spacial score (nSPS) is 11.6. The number of unbranched alkanes of at least 4 members (excludes halogenated alkanes) is 1. The molecule has 0 fully saturated rings. The Balaban J connectivity index is 1.53. The third-order valence-electron chi connectivity index (χ3n) is 5.42. The molecule has 164 valence electrons. The van der Waals surface area contributed by atoms with E-state index in [-0.39, 0.29) is 6.61 Å². The fourth-order valence-electron chi connectivity index (χ4n) is 3.83. The van der Waals surface area contributed by atoms with Gasteiger partial charge >= 0.3 is 8.25 Å². The van der Waals surface area contributed by atoms with E-state index < -0.39 is 8.25 Å². The molecule has 5 nitrogen and oxygen atoms in total. The van der Waals surface area contributed by atoms with Crippen LogP contribution in [0, 0.1) is 0 Å². The Morgan fingerprint density at radius 2 is 1.65 bits per heavy atom. The molecule has 3 aromatic rings. The van der Waals surface area contributed by atoms with Crippen LogP contribution < -0.4 is 10.1 Å². The number of nitrogens with one attached hydrogen (secondary N) is 1. The van der Waals surface area contributed by atoms with E-state index in [9.17, 15) is 4.57 Å². The third kappa shape index (κ3) is 7.41. The summed E-state index contributed by atoms with van der Waals surface area (Å²) in [4.78, 5) is 8.65. The highest BCUT2D eigenvalue weighted by atomic mass is 31.1. The van der Waals surface area contributed by atoms with Crippen molar-refractivity contribution in [2.45, 2.75) is 38.6 Å². The molecule has 0 saturated carbocycles. The van der Waals surface area contributed by atoms with E-state index in [1.807, 2.05) is 6.07 Å². The molecule has 0 heterocycles. The molecule has 0 aliphatic rings. The Morgan fingerprint density at radius 1 is 0.903 bits per heavy atom. The quantitative estimate of drug-likeness (QED) is 0.269. The minimum absolute atomic E-state index is 0.286. The number of hydrogen-bond donors (Lipinski definition) is 2. The largest absolute Gasteiger partial charge is 0.694 e. The second kappa shape index (κ2) is 12.5. The van der Waals surface area contributed by atoms with Crippen LogP contribution in [0.3, 0.4) is 0 Å². The summed E-state index contributed by atoms with van der Waals surface area (Å²) in [5, 5.41) is 6.01. The minimum Gasteiger partial charge on any atom is -0.497 e. The van der Waals surface area contributed by atoms with Crippen molar-refractivity contribution < 1.29 is 18.7 Å². The SMILES string of the molecule is COc1cccc(CCCCc2ccc(CNCCCO[P+](=O)O)c3ccccc23)c1. The second-order valence-electron chi connectivity index (χ2n) is 7.59. The van der Waals surface area contributed by atoms with E-state index in [0.29, 0.717) is 6.42 Å². The highest BCUT2D eigenvalue weighted by Crippen LogP contribution is 2.25. The molecule has 0 aromatic heterocycles. The zero-order valence-corrected chi connectivity index (χ0v) is 18.9. The maximum absolute atomic E-state index is 10.5. The molecule has 3 aromatic carbocycles. The summed E-state index contributed by atoms with van der Waals surface area (Å²) in [7, 11) is -0.791. The molecule has 0 radical (unpaired) electrons. The van der Waals surface area contributed by atoms with Gasteiger partial charge in [-0.3, -0.25) is 0 Å². The lowest BCUT2D eigenvalue weighted by Crippen LogP contribution is -2.16. The van der Waals surface area contributed by atoms with Gasteiger partial charge in [-0.25, -0.2) is 0 Å². The van der Waals surface area contributed by atoms with Crippen LogP contribution in [0.15, 0.2) is 60.7 Å². The van der Waals surface area contributed by atoms with Crippen molar-refractivity contribution in [1.29, 1.82) is 0 Å². The van der Waals surface area contributed by atoms with Gasteiger partial charge < -0.3 is 10.1 Å². The maximum atomic E-state index is 10.5. The number of ether oxygens (including phenoxy) is 1. The molecule has 31 heavy (non-hydrogen) atoms. The fraction of sp³-hybridized carbons (Fsp3) is 0.360. The van der Waals surface area contributed by atoms with Gasteiger partial charge in [-0.2, -0.15) is 0 Å². The summed E-state index contributed by atoms with van der Waals surface area (Å²) in [6.07, 6.45) is 5.11. The molecular formula is C25H31NO4P+. The highest BCUT2D eigenvalue weighted by molar-refractivity contribution is 7.32. The zero-order valence-electron chi connectivity index (χ0n) is 18.0. The number of rotatable bonds is 13. The molecule has 6 heteroatoms. The predicted octanol–water partition coefficient (Wildman–Crippen LogP) is 5.56. The number of benzene rings is 3. The van der Waals surface area contributed by atoms with Crippen molar-refractivity contribution in [3.05, 3.63) is 77.4 Å². The number of aryl methyl sites for hydroxylation is 2. The molecule has 0 amide bonds. The minimum atomic E-state index is -2.50. The van der Waals surface area contributed by atoms with E-state index in [4.69, 9.17) is 9.63 Å². The zero-order chi connectivity index (χ0) is 21.9. The van der Waals surface area contributed by atoms with Gasteiger partial charge in [-0.1, -0.05) is 48.5 Å². The van der Waals surface area contributed by atoms with Crippen LogP contribution in [-0.4, -0.2) is 25.2 Å². The van der Waals surface area contributed by atoms with Crippen LogP contribution >= 0.6 is 8.25 Å². The molecule has 1 atom stereocenters. The molecule has 0 aliphatic heterocycles. The average Bonchev–Trinajstić information content (AvgIpc) is 2.79. The Bertz CT molecular complexity index is 992. The van der Waals surface area contributed by atoms with Gasteiger partial charge in [0.15, 0.2) is 0 Å². The Hall–Kier alpha value is -2.30. The lowest BCUT2D eigenvalue weighted by Gasteiger charge is -2.12. The second-order valence-corrected chi connectivity index (χ2v) is 8.32. The highest BCUT2D eigenvalue weighted by Gasteiger charge is 2.10. The van der Waals surface area contributed by atoms with Crippen LogP contribution in [-0.2, 0) is 28.5 Å². The molecule has 3 rings (SSSR count). The van der Waals surface area contributed by atoms with Crippen molar-refractivity contribution in [2.75, 3.05) is 20.3 Å². The van der Waals surface area contributed by atoms with Gasteiger partial charge in [0.25, 0.3) is 0 Å². The first-order chi connectivity index (χ1) is 15.2. The van der Waals surface area contributed by atoms with Crippen LogP contribution in [0.2, 0.25) is 0 Å². The topological polar surface area (TPSA) is 67.8 Å². The van der Waals surface area contributed by atoms with E-state index in [2.05, 4.69) is 64.4 Å². The van der Waals surface area contributed by atoms with E-state index in [1.165, 1.54) is 27.5 Å². The van der Waals surface area contributed by atoms with Gasteiger partial charge in [0, 0.05) is 11.1 Å². The standard InChI is InChI=1S/C25H30NO4P/c1-29-23-11-6-9-20(18-23)8-2-3-10-21-14-15-22(25-13-5-4-12-24(21)25)19-26-16-7-17-30-31(27)28/h4-6,9,11-15,18,26H,2-3,7-8,10,16-17,19H2,1H3/p+1. The number of fused-ring (bicyclic) bond motifs is 1. The van der Waals surface area contributed by atoms with Gasteiger partial charge in [0.2, 0.25) is 0 Å². The van der Waals surface area contributed by atoms with Gasteiger partial charge in [0.1, 0.15) is 12.4 Å².